The van der Waals surface area contributed by atoms with Gasteiger partial charge in [-0.1, -0.05) is 48.9 Å². The summed E-state index contributed by atoms with van der Waals surface area (Å²) in [7, 11) is -2.36. The van der Waals surface area contributed by atoms with Crippen LogP contribution in [-0.4, -0.2) is 32.2 Å². The van der Waals surface area contributed by atoms with Crippen molar-refractivity contribution in [1.29, 1.82) is 0 Å². The molecule has 0 aliphatic heterocycles. The fourth-order valence-electron chi connectivity index (χ4n) is 2.42. The van der Waals surface area contributed by atoms with Crippen molar-refractivity contribution in [2.24, 2.45) is 0 Å². The molecule has 5 nitrogen and oxygen atoms in total. The molecule has 25 heavy (non-hydrogen) atoms. The molecular formula is C18H21ClN2O3S. The maximum Gasteiger partial charge on any atom is 0.243 e. The van der Waals surface area contributed by atoms with Crippen LogP contribution < -0.4 is 5.32 Å². The summed E-state index contributed by atoms with van der Waals surface area (Å²) in [6.07, 6.45) is 0.712. The van der Waals surface area contributed by atoms with Gasteiger partial charge in [-0.15, -0.1) is 0 Å². The van der Waals surface area contributed by atoms with Crippen molar-refractivity contribution in [3.05, 3.63) is 65.2 Å². The molecule has 0 aliphatic carbocycles. The van der Waals surface area contributed by atoms with Gasteiger partial charge in [-0.05, 0) is 36.2 Å². The van der Waals surface area contributed by atoms with Crippen molar-refractivity contribution < 1.29 is 13.2 Å². The number of hydrogen-bond donors (Lipinski definition) is 1. The van der Waals surface area contributed by atoms with Gasteiger partial charge >= 0.3 is 0 Å². The molecule has 2 rings (SSSR count). The Bertz CT molecular complexity index is 808. The van der Waals surface area contributed by atoms with E-state index >= 15 is 0 Å². The minimum absolute atomic E-state index is 0.0994. The lowest BCUT2D eigenvalue weighted by atomic mass is 10.0. The molecule has 2 aromatic rings. The molecule has 2 aromatic carbocycles. The number of nitrogens with one attached hydrogen (secondary N) is 1. The molecule has 0 aromatic heterocycles. The van der Waals surface area contributed by atoms with E-state index in [1.54, 1.807) is 0 Å². The molecule has 1 N–H and O–H groups in total. The van der Waals surface area contributed by atoms with Gasteiger partial charge in [-0.3, -0.25) is 4.79 Å². The molecule has 0 radical (unpaired) electrons. The van der Waals surface area contributed by atoms with Gasteiger partial charge in [-0.25, -0.2) is 8.42 Å². The highest BCUT2D eigenvalue weighted by molar-refractivity contribution is 7.89. The smallest absolute Gasteiger partial charge is 0.243 e. The molecule has 7 heteroatoms. The molecular weight excluding hydrogens is 360 g/mol. The topological polar surface area (TPSA) is 66.5 Å². The summed E-state index contributed by atoms with van der Waals surface area (Å²) in [5.74, 6) is -0.351. The van der Waals surface area contributed by atoms with Crippen LogP contribution in [0.4, 0.5) is 0 Å². The van der Waals surface area contributed by atoms with E-state index in [4.69, 9.17) is 11.6 Å². The monoisotopic (exact) mass is 380 g/mol. The summed E-state index contributed by atoms with van der Waals surface area (Å²) in [6, 6.07) is 15.3. The lowest BCUT2D eigenvalue weighted by Crippen LogP contribution is -2.39. The van der Waals surface area contributed by atoms with Crippen LogP contribution in [0, 0.1) is 0 Å². The Hall–Kier alpha value is -1.89. The van der Waals surface area contributed by atoms with Crippen molar-refractivity contribution in [3.8, 4) is 0 Å². The van der Waals surface area contributed by atoms with Gasteiger partial charge in [0.25, 0.3) is 0 Å². The quantitative estimate of drug-likeness (QED) is 0.801. The summed E-state index contributed by atoms with van der Waals surface area (Å²) >= 11 is 5.78. The minimum Gasteiger partial charge on any atom is -0.348 e. The highest BCUT2D eigenvalue weighted by Gasteiger charge is 2.23. The zero-order valence-corrected chi connectivity index (χ0v) is 15.7. The second kappa shape index (κ2) is 8.47. The standard InChI is InChI=1S/C18H21ClN2O3S/c1-3-17(14-7-5-4-6-8-14)20-18(22)13-21(2)25(23,24)16-11-9-15(19)10-12-16/h4-12,17H,3,13H2,1-2H3,(H,20,22)/t17-/m1/s1. The van der Waals surface area contributed by atoms with Gasteiger partial charge < -0.3 is 5.32 Å². The van der Waals surface area contributed by atoms with Crippen molar-refractivity contribution in [1.82, 2.24) is 9.62 Å². The van der Waals surface area contributed by atoms with Crippen LogP contribution in [0.2, 0.25) is 5.02 Å². The van der Waals surface area contributed by atoms with E-state index in [1.807, 2.05) is 37.3 Å². The molecule has 1 amide bonds. The maximum atomic E-state index is 12.5. The minimum atomic E-state index is -3.74. The van der Waals surface area contributed by atoms with E-state index in [1.165, 1.54) is 31.3 Å². The lowest BCUT2D eigenvalue weighted by Gasteiger charge is -2.21. The number of hydrogen-bond acceptors (Lipinski definition) is 3. The van der Waals surface area contributed by atoms with E-state index in [9.17, 15) is 13.2 Å². The van der Waals surface area contributed by atoms with Crippen LogP contribution in [0.25, 0.3) is 0 Å². The Balaban J connectivity index is 2.05. The number of rotatable bonds is 7. The Kier molecular flexibility index (Phi) is 6.58. The molecule has 0 spiro atoms. The number of amides is 1. The predicted molar refractivity (Wildman–Crippen MR) is 98.9 cm³/mol. The van der Waals surface area contributed by atoms with Crippen LogP contribution in [0.15, 0.2) is 59.5 Å². The molecule has 0 saturated carbocycles. The Labute approximate surface area is 153 Å². The fraction of sp³-hybridized carbons (Fsp3) is 0.278. The first-order valence-electron chi connectivity index (χ1n) is 7.90. The average molecular weight is 381 g/mol. The van der Waals surface area contributed by atoms with Crippen molar-refractivity contribution in [3.63, 3.8) is 0 Å². The van der Waals surface area contributed by atoms with Crippen LogP contribution >= 0.6 is 11.6 Å². The van der Waals surface area contributed by atoms with Gasteiger partial charge in [0.15, 0.2) is 0 Å². The van der Waals surface area contributed by atoms with Crippen LogP contribution in [-0.2, 0) is 14.8 Å². The molecule has 1 atom stereocenters. The zero-order valence-electron chi connectivity index (χ0n) is 14.1. The zero-order chi connectivity index (χ0) is 18.4. The molecule has 0 bridgehead atoms. The van der Waals surface area contributed by atoms with E-state index in [2.05, 4.69) is 5.32 Å². The Morgan fingerprint density at radius 1 is 1.12 bits per heavy atom. The van der Waals surface area contributed by atoms with E-state index in [0.29, 0.717) is 11.4 Å². The Morgan fingerprint density at radius 3 is 2.28 bits per heavy atom. The molecule has 0 unspecified atom stereocenters. The van der Waals surface area contributed by atoms with Crippen LogP contribution in [0.1, 0.15) is 24.9 Å². The molecule has 0 fully saturated rings. The van der Waals surface area contributed by atoms with Crippen molar-refractivity contribution >= 4 is 27.5 Å². The van der Waals surface area contributed by atoms with Gasteiger partial charge in [0.2, 0.25) is 15.9 Å². The van der Waals surface area contributed by atoms with Gasteiger partial charge in [0, 0.05) is 12.1 Å². The van der Waals surface area contributed by atoms with Gasteiger partial charge in [0.05, 0.1) is 17.5 Å². The first-order valence-corrected chi connectivity index (χ1v) is 9.72. The molecule has 0 saturated heterocycles. The third-order valence-corrected chi connectivity index (χ3v) is 5.90. The summed E-state index contributed by atoms with van der Waals surface area (Å²) in [5, 5.41) is 3.33. The maximum absolute atomic E-state index is 12.5. The summed E-state index contributed by atoms with van der Waals surface area (Å²) in [5.41, 5.74) is 0.988. The van der Waals surface area contributed by atoms with E-state index in [-0.39, 0.29) is 23.4 Å². The first kappa shape index (κ1) is 19.4. The number of nitrogens with zero attached hydrogens (tertiary/aromatic N) is 1. The van der Waals surface area contributed by atoms with Crippen molar-refractivity contribution in [2.75, 3.05) is 13.6 Å². The number of likely N-dealkylation sites (N-methyl/N-ethyl adjacent to an activating group) is 1. The lowest BCUT2D eigenvalue weighted by molar-refractivity contribution is -0.121. The second-order valence-corrected chi connectivity index (χ2v) is 8.14. The second-order valence-electron chi connectivity index (χ2n) is 5.65. The van der Waals surface area contributed by atoms with Crippen LogP contribution in [0.3, 0.4) is 0 Å². The SMILES string of the molecule is CC[C@@H](NC(=O)CN(C)S(=O)(=O)c1ccc(Cl)cc1)c1ccccc1. The predicted octanol–water partition coefficient (Wildman–Crippen LogP) is 3.23. The highest BCUT2D eigenvalue weighted by atomic mass is 35.5. The third kappa shape index (κ3) is 5.04. The summed E-state index contributed by atoms with van der Waals surface area (Å²) < 4.78 is 26.0. The van der Waals surface area contributed by atoms with Crippen molar-refractivity contribution in [2.45, 2.75) is 24.3 Å². The normalized spacial score (nSPS) is 12.8. The largest absolute Gasteiger partial charge is 0.348 e. The van der Waals surface area contributed by atoms with Gasteiger partial charge in [0.1, 0.15) is 0 Å². The van der Waals surface area contributed by atoms with Gasteiger partial charge in [-0.2, -0.15) is 4.31 Å². The molecule has 134 valence electrons. The first-order chi connectivity index (χ1) is 11.8. The number of benzene rings is 2. The number of carbonyl (C=O) groups is 1. The third-order valence-electron chi connectivity index (χ3n) is 3.83. The summed E-state index contributed by atoms with van der Waals surface area (Å²) in [6.45, 7) is 1.71. The van der Waals surface area contributed by atoms with E-state index < -0.39 is 10.0 Å². The number of carbonyl (C=O) groups excluding carboxylic acids is 1. The Morgan fingerprint density at radius 2 is 1.72 bits per heavy atom. The highest BCUT2D eigenvalue weighted by Crippen LogP contribution is 2.18. The number of sulfonamides is 1. The molecule has 0 heterocycles. The van der Waals surface area contributed by atoms with E-state index in [0.717, 1.165) is 9.87 Å². The average Bonchev–Trinajstić information content (AvgIpc) is 2.60. The molecule has 0 aliphatic rings. The number of halogens is 1. The summed E-state index contributed by atoms with van der Waals surface area (Å²) in [4.78, 5) is 12.4. The fourth-order valence-corrected chi connectivity index (χ4v) is 3.67. The van der Waals surface area contributed by atoms with Crippen LogP contribution in [0.5, 0.6) is 0 Å².